The van der Waals surface area contributed by atoms with E-state index < -0.39 is 59.0 Å². The van der Waals surface area contributed by atoms with Gasteiger partial charge in [0.15, 0.2) is 0 Å². The summed E-state index contributed by atoms with van der Waals surface area (Å²) >= 11 is 0.511. The number of sulfonamides is 2. The van der Waals surface area contributed by atoms with Gasteiger partial charge in [0.2, 0.25) is 11.8 Å². The molecule has 3 aromatic rings. The topological polar surface area (TPSA) is 183 Å². The molecule has 2 heterocycles. The number of rotatable bonds is 16. The number of hydrogen-bond acceptors (Lipinski definition) is 12. The van der Waals surface area contributed by atoms with Crippen molar-refractivity contribution in [1.29, 1.82) is 0 Å². The molecule has 0 spiro atoms. The highest BCUT2D eigenvalue weighted by Gasteiger charge is 2.44. The van der Waals surface area contributed by atoms with Gasteiger partial charge in [-0.1, -0.05) is 64.1 Å². The van der Waals surface area contributed by atoms with Crippen molar-refractivity contribution < 1.29 is 50.2 Å². The van der Waals surface area contributed by atoms with Crippen LogP contribution in [0.1, 0.15) is 90.5 Å². The van der Waals surface area contributed by atoms with Crippen LogP contribution in [0, 0.1) is 0 Å². The second kappa shape index (κ2) is 17.3. The number of likely N-dealkylation sites (N-methyl/N-ethyl adjacent to an activating group) is 1. The maximum absolute atomic E-state index is 14.2. The first-order chi connectivity index (χ1) is 25.6. The van der Waals surface area contributed by atoms with Crippen LogP contribution in [0.2, 0.25) is 0 Å². The van der Waals surface area contributed by atoms with E-state index in [1.165, 1.54) is 36.2 Å². The van der Waals surface area contributed by atoms with Gasteiger partial charge in [-0.2, -0.15) is 4.31 Å². The number of methoxy groups -OCH3 is 1. The second-order valence-electron chi connectivity index (χ2n) is 14.5. The molecule has 1 aliphatic rings. The highest BCUT2D eigenvalue weighted by atomic mass is 32.3. The number of benzene rings is 2. The number of ether oxygens (including phenoxy) is 3. The molecule has 0 radical (unpaired) electrons. The van der Waals surface area contributed by atoms with Gasteiger partial charge in [0, 0.05) is 87.6 Å². The molecule has 1 atom stereocenters. The van der Waals surface area contributed by atoms with Gasteiger partial charge < -0.3 is 19.1 Å². The molecule has 4 rings (SSSR count). The van der Waals surface area contributed by atoms with Crippen LogP contribution in [-0.2, 0) is 54.8 Å². The second-order valence-corrected chi connectivity index (χ2v) is 19.6. The van der Waals surface area contributed by atoms with Crippen LogP contribution in [0.5, 0.6) is 11.5 Å². The largest absolute Gasteiger partial charge is 0.426 e. The molecule has 14 nitrogen and oxygen atoms in total. The van der Waals surface area contributed by atoms with E-state index in [4.69, 9.17) is 14.2 Å². The highest BCUT2D eigenvalue weighted by molar-refractivity contribution is 7.94. The Hall–Kier alpha value is -4.16. The number of amides is 2. The Morgan fingerprint density at radius 2 is 1.44 bits per heavy atom. The molecule has 1 aromatic heterocycles. The third-order valence-electron chi connectivity index (χ3n) is 9.25. The Labute approximate surface area is 327 Å². The monoisotopic (exact) mass is 819 g/mol. The maximum Gasteiger partial charge on any atom is 0.308 e. The van der Waals surface area contributed by atoms with Gasteiger partial charge in [0.25, 0.3) is 20.0 Å². The van der Waals surface area contributed by atoms with Gasteiger partial charge in [-0.3, -0.25) is 19.2 Å². The fraction of sp³-hybridized carbons (Fsp3) is 0.474. The van der Waals surface area contributed by atoms with Gasteiger partial charge in [-0.05, 0) is 31.5 Å². The van der Waals surface area contributed by atoms with Crippen molar-refractivity contribution in [2.75, 3.05) is 33.4 Å². The molecule has 55 heavy (non-hydrogen) atoms. The van der Waals surface area contributed by atoms with Crippen molar-refractivity contribution in [3.05, 3.63) is 71.3 Å². The zero-order chi connectivity index (χ0) is 40.9. The summed E-state index contributed by atoms with van der Waals surface area (Å²) in [4.78, 5) is 52.6. The number of esters is 2. The maximum atomic E-state index is 14.2. The number of para-hydroxylation sites is 2. The van der Waals surface area contributed by atoms with E-state index in [0.29, 0.717) is 34.6 Å². The van der Waals surface area contributed by atoms with Crippen molar-refractivity contribution in [3.63, 3.8) is 0 Å². The molecule has 17 heteroatoms. The zero-order valence-electron chi connectivity index (χ0n) is 32.3. The Balaban J connectivity index is 1.69. The standard InChI is InChI=1S/C38H49N3O11S3/c1-9-41(34(45)23-38(6,7)29-16-11-13-18-32(29)52-26(3)43)30-24-40(19-14-20-50-8)55(48,49)36-27(30)21-35(53-36)54(46,47)39-33(44)22-37(4,5)28-15-10-12-17-31(28)51-25(2)42/h10-13,15-18,21,30H,9,14,19-20,22-24H2,1-8H3,(H,39,44)/t30-/m0/s1. The Morgan fingerprint density at radius 3 is 1.95 bits per heavy atom. The lowest BCUT2D eigenvalue weighted by molar-refractivity contribution is -0.135. The van der Waals surface area contributed by atoms with E-state index in [-0.39, 0.29) is 60.5 Å². The average Bonchev–Trinajstić information content (AvgIpc) is 3.54. The number of nitrogens with one attached hydrogen (secondary N) is 1. The van der Waals surface area contributed by atoms with Crippen molar-refractivity contribution in [2.24, 2.45) is 0 Å². The van der Waals surface area contributed by atoms with Crippen LogP contribution in [0.4, 0.5) is 0 Å². The average molecular weight is 820 g/mol. The summed E-state index contributed by atoms with van der Waals surface area (Å²) in [6.07, 6.45) is -0.0256. The lowest BCUT2D eigenvalue weighted by Gasteiger charge is -2.39. The smallest absolute Gasteiger partial charge is 0.308 e. The van der Waals surface area contributed by atoms with Crippen LogP contribution in [0.15, 0.2) is 63.0 Å². The van der Waals surface area contributed by atoms with Crippen molar-refractivity contribution in [1.82, 2.24) is 13.9 Å². The number of carbonyl (C=O) groups is 4. The van der Waals surface area contributed by atoms with E-state index in [0.717, 1.165) is 0 Å². The Kier molecular flexibility index (Phi) is 13.7. The van der Waals surface area contributed by atoms with Crippen LogP contribution >= 0.6 is 11.3 Å². The summed E-state index contributed by atoms with van der Waals surface area (Å²) in [6.45, 7) is 11.7. The summed E-state index contributed by atoms with van der Waals surface area (Å²) in [5.74, 6) is -1.72. The molecule has 2 aromatic carbocycles. The third kappa shape index (κ3) is 10.2. The molecule has 0 bridgehead atoms. The summed E-state index contributed by atoms with van der Waals surface area (Å²) < 4.78 is 74.2. The van der Waals surface area contributed by atoms with Crippen LogP contribution < -0.4 is 14.2 Å². The van der Waals surface area contributed by atoms with E-state index in [9.17, 15) is 36.0 Å². The Morgan fingerprint density at radius 1 is 0.909 bits per heavy atom. The third-order valence-corrected chi connectivity index (χ3v) is 14.6. The minimum absolute atomic E-state index is 0.0525. The molecule has 0 unspecified atom stereocenters. The molecule has 2 amide bonds. The summed E-state index contributed by atoms with van der Waals surface area (Å²) in [5.41, 5.74) is -0.552. The quantitative estimate of drug-likeness (QED) is 0.116. The Bertz CT molecular complexity index is 2140. The first kappa shape index (κ1) is 43.6. The normalized spacial score (nSPS) is 15.8. The van der Waals surface area contributed by atoms with E-state index in [1.807, 2.05) is 13.8 Å². The minimum Gasteiger partial charge on any atom is -0.426 e. The number of thiophene rings is 1. The van der Waals surface area contributed by atoms with Crippen LogP contribution in [0.3, 0.4) is 0 Å². The van der Waals surface area contributed by atoms with Crippen molar-refractivity contribution in [2.45, 2.75) is 93.0 Å². The summed E-state index contributed by atoms with van der Waals surface area (Å²) in [6, 6.07) is 13.9. The fourth-order valence-corrected chi connectivity index (χ4v) is 11.6. The molecule has 0 aliphatic carbocycles. The van der Waals surface area contributed by atoms with E-state index >= 15 is 0 Å². The number of fused-ring (bicyclic) bond motifs is 1. The lowest BCUT2D eigenvalue weighted by Crippen LogP contribution is -2.48. The lowest BCUT2D eigenvalue weighted by atomic mass is 9.80. The number of carbonyl (C=O) groups excluding carboxylic acids is 4. The first-order valence-corrected chi connectivity index (χ1v) is 21.4. The molecular formula is C38H49N3O11S3. The van der Waals surface area contributed by atoms with Gasteiger partial charge in [0.1, 0.15) is 19.9 Å². The van der Waals surface area contributed by atoms with Gasteiger partial charge in [-0.15, -0.1) is 11.3 Å². The summed E-state index contributed by atoms with van der Waals surface area (Å²) in [5, 5.41) is 0. The highest BCUT2D eigenvalue weighted by Crippen LogP contribution is 2.44. The predicted molar refractivity (Wildman–Crippen MR) is 206 cm³/mol. The zero-order valence-corrected chi connectivity index (χ0v) is 34.8. The SMILES string of the molecule is CCN(C(=O)CC(C)(C)c1ccccc1OC(C)=O)[C@H]1CN(CCCOC)S(=O)(=O)c2sc(S(=O)(=O)NC(=O)CC(C)(C)c3ccccc3OC(C)=O)cc21. The van der Waals surface area contributed by atoms with E-state index in [2.05, 4.69) is 4.72 Å². The fourth-order valence-electron chi connectivity index (χ4n) is 6.72. The van der Waals surface area contributed by atoms with Crippen molar-refractivity contribution >= 4 is 55.1 Å². The molecule has 300 valence electrons. The molecule has 1 N–H and O–H groups in total. The first-order valence-electron chi connectivity index (χ1n) is 17.7. The predicted octanol–water partition coefficient (Wildman–Crippen LogP) is 5.07. The van der Waals surface area contributed by atoms with Crippen LogP contribution in [-0.4, -0.2) is 83.1 Å². The molecule has 0 fully saturated rings. The molecule has 0 saturated carbocycles. The van der Waals surface area contributed by atoms with Gasteiger partial charge >= 0.3 is 11.9 Å². The van der Waals surface area contributed by atoms with Crippen molar-refractivity contribution in [3.8, 4) is 11.5 Å². The number of hydrogen-bond donors (Lipinski definition) is 1. The number of nitrogens with zero attached hydrogens (tertiary/aromatic N) is 2. The van der Waals surface area contributed by atoms with E-state index in [1.54, 1.807) is 69.3 Å². The minimum atomic E-state index is -4.60. The van der Waals surface area contributed by atoms with Crippen LogP contribution in [0.25, 0.3) is 0 Å². The molecule has 1 aliphatic heterocycles. The molecular weight excluding hydrogens is 771 g/mol. The summed E-state index contributed by atoms with van der Waals surface area (Å²) in [7, 11) is -7.32. The molecule has 0 saturated heterocycles. The van der Waals surface area contributed by atoms with Gasteiger partial charge in [-0.25, -0.2) is 21.6 Å². The van der Waals surface area contributed by atoms with Gasteiger partial charge in [0.05, 0.1) is 6.04 Å².